The van der Waals surface area contributed by atoms with E-state index in [2.05, 4.69) is 5.32 Å². The minimum Gasteiger partial charge on any atom is -0.494 e. The SMILES string of the molecule is CCOc1cc(N)cc(NC(C)(CO)c2ccccc2)c1. The van der Waals surface area contributed by atoms with E-state index in [0.29, 0.717) is 18.0 Å². The summed E-state index contributed by atoms with van der Waals surface area (Å²) in [5.41, 5.74) is 7.77. The number of benzene rings is 2. The van der Waals surface area contributed by atoms with Crippen molar-refractivity contribution in [2.45, 2.75) is 19.4 Å². The second-order valence-corrected chi connectivity index (χ2v) is 5.20. The van der Waals surface area contributed by atoms with Crippen LogP contribution in [0.3, 0.4) is 0 Å². The summed E-state index contributed by atoms with van der Waals surface area (Å²) >= 11 is 0. The van der Waals surface area contributed by atoms with Gasteiger partial charge in [-0.3, -0.25) is 0 Å². The molecule has 0 aliphatic heterocycles. The first-order chi connectivity index (χ1) is 10.1. The summed E-state index contributed by atoms with van der Waals surface area (Å²) in [5, 5.41) is 13.2. The van der Waals surface area contributed by atoms with Gasteiger partial charge in [0, 0.05) is 23.5 Å². The van der Waals surface area contributed by atoms with Crippen LogP contribution in [0.4, 0.5) is 11.4 Å². The number of aliphatic hydroxyl groups is 1. The zero-order valence-electron chi connectivity index (χ0n) is 12.5. The second kappa shape index (κ2) is 6.50. The van der Waals surface area contributed by atoms with Crippen LogP contribution in [0.1, 0.15) is 19.4 Å². The molecule has 2 aromatic carbocycles. The molecule has 0 saturated carbocycles. The van der Waals surface area contributed by atoms with Crippen molar-refractivity contribution in [1.29, 1.82) is 0 Å². The highest BCUT2D eigenvalue weighted by Crippen LogP contribution is 2.29. The van der Waals surface area contributed by atoms with Gasteiger partial charge in [-0.05, 0) is 25.5 Å². The third kappa shape index (κ3) is 3.67. The monoisotopic (exact) mass is 286 g/mol. The lowest BCUT2D eigenvalue weighted by atomic mass is 9.92. The zero-order chi connectivity index (χ0) is 15.3. The number of hydrogen-bond acceptors (Lipinski definition) is 4. The molecular weight excluding hydrogens is 264 g/mol. The summed E-state index contributed by atoms with van der Waals surface area (Å²) in [6.45, 7) is 4.43. The van der Waals surface area contributed by atoms with Crippen molar-refractivity contribution in [3.05, 3.63) is 54.1 Å². The first-order valence-electron chi connectivity index (χ1n) is 7.05. The van der Waals surface area contributed by atoms with Gasteiger partial charge in [0.05, 0.1) is 18.8 Å². The number of aliphatic hydroxyl groups excluding tert-OH is 1. The first kappa shape index (κ1) is 15.2. The van der Waals surface area contributed by atoms with E-state index in [1.807, 2.05) is 56.3 Å². The van der Waals surface area contributed by atoms with Gasteiger partial charge < -0.3 is 20.9 Å². The molecule has 112 valence electrons. The number of hydrogen-bond donors (Lipinski definition) is 3. The fourth-order valence-corrected chi connectivity index (χ4v) is 2.27. The van der Waals surface area contributed by atoms with Crippen LogP contribution in [-0.4, -0.2) is 18.3 Å². The standard InChI is InChI=1S/C17H22N2O2/c1-3-21-16-10-14(18)9-15(11-16)19-17(2,12-20)13-7-5-4-6-8-13/h4-11,19-20H,3,12,18H2,1-2H3. The van der Waals surface area contributed by atoms with E-state index in [0.717, 1.165) is 11.3 Å². The van der Waals surface area contributed by atoms with Crippen LogP contribution < -0.4 is 15.8 Å². The van der Waals surface area contributed by atoms with Crippen LogP contribution in [-0.2, 0) is 5.54 Å². The lowest BCUT2D eigenvalue weighted by Gasteiger charge is -2.31. The molecule has 1 unspecified atom stereocenters. The smallest absolute Gasteiger partial charge is 0.123 e. The van der Waals surface area contributed by atoms with E-state index in [4.69, 9.17) is 10.5 Å². The summed E-state index contributed by atoms with van der Waals surface area (Å²) in [5.74, 6) is 0.716. The van der Waals surface area contributed by atoms with Crippen molar-refractivity contribution in [1.82, 2.24) is 0 Å². The maximum atomic E-state index is 9.82. The van der Waals surface area contributed by atoms with Crippen molar-refractivity contribution in [3.8, 4) is 5.75 Å². The molecule has 2 aromatic rings. The van der Waals surface area contributed by atoms with Gasteiger partial charge in [0.1, 0.15) is 5.75 Å². The molecular formula is C17H22N2O2. The Bertz CT molecular complexity index is 587. The van der Waals surface area contributed by atoms with Crippen LogP contribution in [0, 0.1) is 0 Å². The average Bonchev–Trinajstić information content (AvgIpc) is 2.48. The average molecular weight is 286 g/mol. The van der Waals surface area contributed by atoms with Crippen LogP contribution in [0.15, 0.2) is 48.5 Å². The third-order valence-corrected chi connectivity index (χ3v) is 3.39. The maximum Gasteiger partial charge on any atom is 0.123 e. The Labute approximate surface area is 125 Å². The minimum atomic E-state index is -0.585. The summed E-state index contributed by atoms with van der Waals surface area (Å²) < 4.78 is 5.50. The molecule has 0 aromatic heterocycles. The fraction of sp³-hybridized carbons (Fsp3) is 0.294. The molecule has 0 fully saturated rings. The number of nitrogens with one attached hydrogen (secondary N) is 1. The maximum absolute atomic E-state index is 9.82. The first-order valence-corrected chi connectivity index (χ1v) is 7.05. The van der Waals surface area contributed by atoms with E-state index >= 15 is 0 Å². The topological polar surface area (TPSA) is 67.5 Å². The second-order valence-electron chi connectivity index (χ2n) is 5.20. The molecule has 1 atom stereocenters. The Balaban J connectivity index is 2.30. The molecule has 0 bridgehead atoms. The highest BCUT2D eigenvalue weighted by molar-refractivity contribution is 5.60. The number of nitrogens with two attached hydrogens (primary N) is 1. The predicted octanol–water partition coefficient (Wildman–Crippen LogP) is 2.99. The van der Waals surface area contributed by atoms with E-state index in [1.54, 1.807) is 6.07 Å². The van der Waals surface area contributed by atoms with Crippen LogP contribution in [0.25, 0.3) is 0 Å². The number of nitrogen functional groups attached to an aromatic ring is 1. The van der Waals surface area contributed by atoms with Crippen molar-refractivity contribution >= 4 is 11.4 Å². The van der Waals surface area contributed by atoms with E-state index in [9.17, 15) is 5.11 Å². The number of rotatable bonds is 6. The van der Waals surface area contributed by atoms with Gasteiger partial charge in [-0.25, -0.2) is 0 Å². The number of ether oxygens (including phenoxy) is 1. The normalized spacial score (nSPS) is 13.5. The highest BCUT2D eigenvalue weighted by Gasteiger charge is 2.25. The van der Waals surface area contributed by atoms with Gasteiger partial charge in [-0.1, -0.05) is 30.3 Å². The third-order valence-electron chi connectivity index (χ3n) is 3.39. The summed E-state index contributed by atoms with van der Waals surface area (Å²) in [7, 11) is 0. The quantitative estimate of drug-likeness (QED) is 0.714. The fourth-order valence-electron chi connectivity index (χ4n) is 2.27. The molecule has 21 heavy (non-hydrogen) atoms. The van der Waals surface area contributed by atoms with E-state index in [1.165, 1.54) is 0 Å². The van der Waals surface area contributed by atoms with Crippen LogP contribution in [0.5, 0.6) is 5.75 Å². The summed E-state index contributed by atoms with van der Waals surface area (Å²) in [6.07, 6.45) is 0. The van der Waals surface area contributed by atoms with Crippen molar-refractivity contribution < 1.29 is 9.84 Å². The van der Waals surface area contributed by atoms with Gasteiger partial charge in [0.2, 0.25) is 0 Å². The molecule has 0 heterocycles. The van der Waals surface area contributed by atoms with E-state index in [-0.39, 0.29) is 6.61 Å². The molecule has 0 spiro atoms. The van der Waals surface area contributed by atoms with Crippen molar-refractivity contribution in [2.75, 3.05) is 24.3 Å². The van der Waals surface area contributed by atoms with Gasteiger partial charge in [-0.2, -0.15) is 0 Å². The van der Waals surface area contributed by atoms with Crippen molar-refractivity contribution in [2.24, 2.45) is 0 Å². The highest BCUT2D eigenvalue weighted by atomic mass is 16.5. The van der Waals surface area contributed by atoms with E-state index < -0.39 is 5.54 Å². The van der Waals surface area contributed by atoms with Gasteiger partial charge >= 0.3 is 0 Å². The molecule has 4 nitrogen and oxygen atoms in total. The summed E-state index contributed by atoms with van der Waals surface area (Å²) in [6, 6.07) is 15.3. The lowest BCUT2D eigenvalue weighted by Crippen LogP contribution is -2.35. The molecule has 2 rings (SSSR count). The molecule has 0 saturated heterocycles. The zero-order valence-corrected chi connectivity index (χ0v) is 12.5. The Morgan fingerprint density at radius 3 is 2.52 bits per heavy atom. The largest absolute Gasteiger partial charge is 0.494 e. The molecule has 0 aliphatic carbocycles. The molecule has 0 aliphatic rings. The molecule has 4 N–H and O–H groups in total. The summed E-state index contributed by atoms with van der Waals surface area (Å²) in [4.78, 5) is 0. The van der Waals surface area contributed by atoms with Crippen molar-refractivity contribution in [3.63, 3.8) is 0 Å². The molecule has 4 heteroatoms. The number of anilines is 2. The van der Waals surface area contributed by atoms with Crippen LogP contribution in [0.2, 0.25) is 0 Å². The van der Waals surface area contributed by atoms with Gasteiger partial charge in [0.15, 0.2) is 0 Å². The predicted molar refractivity (Wildman–Crippen MR) is 86.5 cm³/mol. The Morgan fingerprint density at radius 2 is 1.90 bits per heavy atom. The molecule has 0 radical (unpaired) electrons. The molecule has 0 amide bonds. The Kier molecular flexibility index (Phi) is 4.70. The van der Waals surface area contributed by atoms with Gasteiger partial charge in [-0.15, -0.1) is 0 Å². The van der Waals surface area contributed by atoms with Gasteiger partial charge in [0.25, 0.3) is 0 Å². The Hall–Kier alpha value is -2.20. The minimum absolute atomic E-state index is 0.0320. The lowest BCUT2D eigenvalue weighted by molar-refractivity contribution is 0.224. The van der Waals surface area contributed by atoms with Crippen LogP contribution >= 0.6 is 0 Å². The Morgan fingerprint density at radius 1 is 1.19 bits per heavy atom.